The fourth-order valence-electron chi connectivity index (χ4n) is 0.691. The van der Waals surface area contributed by atoms with Crippen LogP contribution < -0.4 is 10.5 Å². The summed E-state index contributed by atoms with van der Waals surface area (Å²) in [7, 11) is 0. The summed E-state index contributed by atoms with van der Waals surface area (Å²) >= 11 is 0. The van der Waals surface area contributed by atoms with Gasteiger partial charge in [0.2, 0.25) is 5.88 Å². The Balaban J connectivity index is 2.64. The quantitative estimate of drug-likeness (QED) is 0.726. The van der Waals surface area contributed by atoms with Crippen LogP contribution in [0.1, 0.15) is 13.8 Å². The molecular formula is C9H13N2O. The van der Waals surface area contributed by atoms with Gasteiger partial charge in [0.1, 0.15) is 5.60 Å². The molecule has 3 heteroatoms. The van der Waals surface area contributed by atoms with Crippen LogP contribution >= 0.6 is 0 Å². The van der Waals surface area contributed by atoms with E-state index < -0.39 is 0 Å². The van der Waals surface area contributed by atoms with Crippen molar-refractivity contribution in [1.29, 1.82) is 0 Å². The molecule has 0 aliphatic carbocycles. The molecule has 1 rings (SSSR count). The second-order valence-corrected chi connectivity index (χ2v) is 3.16. The minimum Gasteiger partial charge on any atom is -0.470 e. The summed E-state index contributed by atoms with van der Waals surface area (Å²) in [4.78, 5) is 3.98. The van der Waals surface area contributed by atoms with E-state index in [0.29, 0.717) is 12.4 Å². The van der Waals surface area contributed by atoms with E-state index in [0.717, 1.165) is 0 Å². The third-order valence-corrected chi connectivity index (χ3v) is 1.46. The summed E-state index contributed by atoms with van der Waals surface area (Å²) in [5.41, 5.74) is 5.14. The number of nitrogens with zero attached hydrogens (tertiary/aromatic N) is 1. The lowest BCUT2D eigenvalue weighted by atomic mass is 10.1. The SMILES string of the molecule is CC(C)(CN)Oc1cc[c]cn1. The van der Waals surface area contributed by atoms with Crippen LogP contribution in [0.2, 0.25) is 0 Å². The highest BCUT2D eigenvalue weighted by Crippen LogP contribution is 2.12. The van der Waals surface area contributed by atoms with Crippen LogP contribution in [-0.2, 0) is 0 Å². The van der Waals surface area contributed by atoms with Gasteiger partial charge in [0.05, 0.1) is 0 Å². The van der Waals surface area contributed by atoms with Crippen LogP contribution in [0.25, 0.3) is 0 Å². The van der Waals surface area contributed by atoms with Gasteiger partial charge in [0.25, 0.3) is 0 Å². The predicted octanol–water partition coefficient (Wildman–Crippen LogP) is 0.998. The van der Waals surface area contributed by atoms with E-state index in [1.807, 2.05) is 13.8 Å². The molecule has 0 spiro atoms. The van der Waals surface area contributed by atoms with Gasteiger partial charge in [-0.3, -0.25) is 0 Å². The third kappa shape index (κ3) is 2.51. The van der Waals surface area contributed by atoms with Crippen LogP contribution in [0.5, 0.6) is 5.88 Å². The fraction of sp³-hybridized carbons (Fsp3) is 0.444. The maximum Gasteiger partial charge on any atom is 0.213 e. The first-order valence-electron chi connectivity index (χ1n) is 3.85. The first kappa shape index (κ1) is 9.00. The van der Waals surface area contributed by atoms with E-state index in [1.54, 1.807) is 18.3 Å². The van der Waals surface area contributed by atoms with E-state index in [9.17, 15) is 0 Å². The monoisotopic (exact) mass is 165 g/mol. The van der Waals surface area contributed by atoms with Gasteiger partial charge < -0.3 is 10.5 Å². The lowest BCUT2D eigenvalue weighted by Gasteiger charge is -2.23. The van der Waals surface area contributed by atoms with E-state index in [2.05, 4.69) is 11.1 Å². The van der Waals surface area contributed by atoms with Gasteiger partial charge in [-0.2, -0.15) is 0 Å². The summed E-state index contributed by atoms with van der Waals surface area (Å²) in [5.74, 6) is 0.587. The van der Waals surface area contributed by atoms with Gasteiger partial charge in [-0.05, 0) is 19.9 Å². The van der Waals surface area contributed by atoms with E-state index in [1.165, 1.54) is 0 Å². The molecule has 0 atom stereocenters. The number of aromatic nitrogens is 1. The molecule has 0 aromatic carbocycles. The van der Waals surface area contributed by atoms with E-state index >= 15 is 0 Å². The van der Waals surface area contributed by atoms with Crippen molar-refractivity contribution in [3.8, 4) is 5.88 Å². The highest BCUT2D eigenvalue weighted by molar-refractivity contribution is 5.09. The van der Waals surface area contributed by atoms with Gasteiger partial charge in [-0.1, -0.05) is 0 Å². The average molecular weight is 165 g/mol. The van der Waals surface area contributed by atoms with Crippen molar-refractivity contribution in [2.75, 3.05) is 6.54 Å². The van der Waals surface area contributed by atoms with Gasteiger partial charge in [-0.25, -0.2) is 4.98 Å². The molecular weight excluding hydrogens is 152 g/mol. The van der Waals surface area contributed by atoms with E-state index in [-0.39, 0.29) is 5.60 Å². The van der Waals surface area contributed by atoms with Crippen molar-refractivity contribution in [2.24, 2.45) is 5.73 Å². The molecule has 0 aliphatic heterocycles. The summed E-state index contributed by atoms with van der Waals surface area (Å²) in [6, 6.07) is 6.33. The lowest BCUT2D eigenvalue weighted by molar-refractivity contribution is 0.112. The molecule has 1 heterocycles. The van der Waals surface area contributed by atoms with Crippen molar-refractivity contribution >= 4 is 0 Å². The summed E-state index contributed by atoms with van der Waals surface area (Å²) in [6.07, 6.45) is 1.57. The lowest BCUT2D eigenvalue weighted by Crippen LogP contribution is -2.37. The Morgan fingerprint density at radius 1 is 1.67 bits per heavy atom. The Kier molecular flexibility index (Phi) is 2.65. The maximum atomic E-state index is 5.49. The molecule has 3 nitrogen and oxygen atoms in total. The molecule has 1 aromatic rings. The molecule has 12 heavy (non-hydrogen) atoms. The van der Waals surface area contributed by atoms with Gasteiger partial charge in [0.15, 0.2) is 0 Å². The van der Waals surface area contributed by atoms with Crippen molar-refractivity contribution in [3.05, 3.63) is 24.4 Å². The Hall–Kier alpha value is -1.09. The van der Waals surface area contributed by atoms with Crippen molar-refractivity contribution in [3.63, 3.8) is 0 Å². The number of pyridine rings is 1. The molecule has 0 bridgehead atoms. The maximum absolute atomic E-state index is 5.49. The summed E-state index contributed by atoms with van der Waals surface area (Å²) < 4.78 is 5.49. The minimum absolute atomic E-state index is 0.353. The zero-order chi connectivity index (χ0) is 9.03. The molecule has 0 unspecified atom stereocenters. The molecule has 0 aliphatic rings. The zero-order valence-electron chi connectivity index (χ0n) is 7.37. The first-order chi connectivity index (χ1) is 5.64. The number of hydrogen-bond acceptors (Lipinski definition) is 3. The molecule has 65 valence electrons. The zero-order valence-corrected chi connectivity index (χ0v) is 7.37. The molecule has 2 N–H and O–H groups in total. The fourth-order valence-corrected chi connectivity index (χ4v) is 0.691. The minimum atomic E-state index is -0.353. The average Bonchev–Trinajstić information content (AvgIpc) is 2.06. The van der Waals surface area contributed by atoms with Crippen molar-refractivity contribution in [2.45, 2.75) is 19.4 Å². The number of nitrogens with two attached hydrogens (primary N) is 1. The Morgan fingerprint density at radius 2 is 2.42 bits per heavy atom. The van der Waals surface area contributed by atoms with E-state index in [4.69, 9.17) is 10.5 Å². The Labute approximate surface area is 72.6 Å². The molecule has 0 fully saturated rings. The molecule has 0 saturated heterocycles. The Bertz CT molecular complexity index is 234. The van der Waals surface area contributed by atoms with Gasteiger partial charge >= 0.3 is 0 Å². The first-order valence-corrected chi connectivity index (χ1v) is 3.85. The summed E-state index contributed by atoms with van der Waals surface area (Å²) in [6.45, 7) is 4.31. The largest absolute Gasteiger partial charge is 0.470 e. The van der Waals surface area contributed by atoms with Gasteiger partial charge in [-0.15, -0.1) is 0 Å². The third-order valence-electron chi connectivity index (χ3n) is 1.46. The van der Waals surface area contributed by atoms with Crippen LogP contribution in [0.3, 0.4) is 0 Å². The predicted molar refractivity (Wildman–Crippen MR) is 46.8 cm³/mol. The van der Waals surface area contributed by atoms with Crippen LogP contribution in [0.4, 0.5) is 0 Å². The van der Waals surface area contributed by atoms with Crippen LogP contribution in [-0.4, -0.2) is 17.1 Å². The number of rotatable bonds is 3. The smallest absolute Gasteiger partial charge is 0.213 e. The Morgan fingerprint density at radius 3 is 2.92 bits per heavy atom. The highest BCUT2D eigenvalue weighted by atomic mass is 16.5. The standard InChI is InChI=1S/C9H13N2O/c1-9(2,7-10)12-8-5-3-4-6-11-8/h3,5-6H,7,10H2,1-2H3. The second-order valence-electron chi connectivity index (χ2n) is 3.16. The number of hydrogen-bond donors (Lipinski definition) is 1. The van der Waals surface area contributed by atoms with Crippen LogP contribution in [0, 0.1) is 6.07 Å². The molecule has 1 aromatic heterocycles. The molecule has 0 amide bonds. The normalized spacial score (nSPS) is 11.2. The second kappa shape index (κ2) is 3.54. The highest BCUT2D eigenvalue weighted by Gasteiger charge is 2.17. The number of ether oxygens (including phenoxy) is 1. The van der Waals surface area contributed by atoms with Crippen molar-refractivity contribution < 1.29 is 4.74 Å². The topological polar surface area (TPSA) is 48.1 Å². The summed E-state index contributed by atoms with van der Waals surface area (Å²) in [5, 5.41) is 0. The van der Waals surface area contributed by atoms with Crippen LogP contribution in [0.15, 0.2) is 18.3 Å². The molecule has 1 radical (unpaired) electrons. The van der Waals surface area contributed by atoms with Crippen molar-refractivity contribution in [1.82, 2.24) is 4.98 Å². The molecule has 0 saturated carbocycles. The van der Waals surface area contributed by atoms with Gasteiger partial charge in [0, 0.05) is 24.9 Å².